The molecule has 28 heavy (non-hydrogen) atoms. The van der Waals surface area contributed by atoms with Crippen molar-refractivity contribution in [1.82, 2.24) is 0 Å². The van der Waals surface area contributed by atoms with Crippen LogP contribution >= 0.6 is 0 Å². The van der Waals surface area contributed by atoms with Gasteiger partial charge in [0.2, 0.25) is 0 Å². The number of rotatable bonds is 9. The van der Waals surface area contributed by atoms with E-state index in [0.29, 0.717) is 5.92 Å². The highest BCUT2D eigenvalue weighted by atomic mass is 19.1. The Balaban J connectivity index is 1.50. The molecule has 2 aromatic carbocycles. The first kappa shape index (κ1) is 20.8. The van der Waals surface area contributed by atoms with Crippen LogP contribution in [-0.4, -0.2) is 6.17 Å². The van der Waals surface area contributed by atoms with Crippen LogP contribution in [0.4, 0.5) is 4.39 Å². The summed E-state index contributed by atoms with van der Waals surface area (Å²) in [5.74, 6) is 0.538. The summed E-state index contributed by atoms with van der Waals surface area (Å²) in [4.78, 5) is 0. The average Bonchev–Trinajstić information content (AvgIpc) is 2.74. The van der Waals surface area contributed by atoms with E-state index in [1.807, 2.05) is 0 Å². The molecule has 1 fully saturated rings. The standard InChI is InChI=1S/C27H35F/c1-2-3-4-5-6-7-8-9-22-10-12-23(13-11-22)24-14-16-25(17-15-24)26-18-20-27(28)21-19-26/h8-17,26-27H,2-7,18-21H2,1H3/t26-,27-. The lowest BCUT2D eigenvalue weighted by Gasteiger charge is -2.24. The van der Waals surface area contributed by atoms with Crippen molar-refractivity contribution in [2.75, 3.05) is 0 Å². The smallest absolute Gasteiger partial charge is 0.100 e. The van der Waals surface area contributed by atoms with Gasteiger partial charge >= 0.3 is 0 Å². The first-order valence-electron chi connectivity index (χ1n) is 11.3. The van der Waals surface area contributed by atoms with Crippen molar-refractivity contribution in [1.29, 1.82) is 0 Å². The van der Waals surface area contributed by atoms with Crippen LogP contribution in [0.5, 0.6) is 0 Å². The van der Waals surface area contributed by atoms with Gasteiger partial charge in [-0.2, -0.15) is 0 Å². The van der Waals surface area contributed by atoms with Crippen molar-refractivity contribution in [3.8, 4) is 11.1 Å². The molecule has 2 aromatic rings. The summed E-state index contributed by atoms with van der Waals surface area (Å²) in [6.45, 7) is 2.26. The predicted molar refractivity (Wildman–Crippen MR) is 120 cm³/mol. The Morgan fingerprint density at radius 1 is 0.786 bits per heavy atom. The van der Waals surface area contributed by atoms with E-state index in [-0.39, 0.29) is 0 Å². The zero-order chi connectivity index (χ0) is 19.6. The maximum absolute atomic E-state index is 13.3. The second-order valence-corrected chi connectivity index (χ2v) is 8.30. The number of allylic oxidation sites excluding steroid dienone is 1. The summed E-state index contributed by atoms with van der Waals surface area (Å²) < 4.78 is 13.3. The van der Waals surface area contributed by atoms with Crippen molar-refractivity contribution < 1.29 is 4.39 Å². The van der Waals surface area contributed by atoms with Crippen LogP contribution in [0.3, 0.4) is 0 Å². The number of alkyl halides is 1. The zero-order valence-electron chi connectivity index (χ0n) is 17.4. The molecule has 3 rings (SSSR count). The Bertz CT molecular complexity index is 703. The number of halogens is 1. The van der Waals surface area contributed by atoms with Crippen LogP contribution in [0.1, 0.15) is 88.2 Å². The molecule has 0 atom stereocenters. The first-order chi connectivity index (χ1) is 13.8. The second kappa shape index (κ2) is 11.2. The predicted octanol–water partition coefficient (Wildman–Crippen LogP) is 8.72. The van der Waals surface area contributed by atoms with Crippen molar-refractivity contribution >= 4 is 6.08 Å². The SMILES string of the molecule is CCCCCCCC=Cc1ccc(-c2ccc([C@H]3CC[C@H](F)CC3)cc2)cc1. The van der Waals surface area contributed by atoms with Crippen molar-refractivity contribution in [3.05, 3.63) is 65.7 Å². The minimum Gasteiger partial charge on any atom is -0.247 e. The number of benzene rings is 2. The largest absolute Gasteiger partial charge is 0.247 e. The van der Waals surface area contributed by atoms with E-state index in [0.717, 1.165) is 25.7 Å². The van der Waals surface area contributed by atoms with Crippen LogP contribution in [0.15, 0.2) is 54.6 Å². The van der Waals surface area contributed by atoms with Gasteiger partial charge in [0.1, 0.15) is 6.17 Å². The van der Waals surface area contributed by atoms with Crippen LogP contribution in [0, 0.1) is 0 Å². The van der Waals surface area contributed by atoms with Crippen molar-refractivity contribution in [3.63, 3.8) is 0 Å². The molecular formula is C27H35F. The van der Waals surface area contributed by atoms with Gasteiger partial charge in [0.25, 0.3) is 0 Å². The maximum Gasteiger partial charge on any atom is 0.100 e. The molecule has 0 radical (unpaired) electrons. The van der Waals surface area contributed by atoms with E-state index >= 15 is 0 Å². The van der Waals surface area contributed by atoms with Crippen LogP contribution in [0.25, 0.3) is 17.2 Å². The molecule has 0 aromatic heterocycles. The molecule has 1 aliphatic carbocycles. The molecular weight excluding hydrogens is 343 g/mol. The van der Waals surface area contributed by atoms with Crippen LogP contribution < -0.4 is 0 Å². The summed E-state index contributed by atoms with van der Waals surface area (Å²) in [6.07, 6.45) is 15.3. The van der Waals surface area contributed by atoms with E-state index in [2.05, 4.69) is 67.6 Å². The van der Waals surface area contributed by atoms with Crippen molar-refractivity contribution in [2.45, 2.75) is 83.2 Å². The molecule has 0 bridgehead atoms. The molecule has 0 nitrogen and oxygen atoms in total. The van der Waals surface area contributed by atoms with E-state index in [9.17, 15) is 4.39 Å². The molecule has 0 spiro atoms. The summed E-state index contributed by atoms with van der Waals surface area (Å²) in [5, 5.41) is 0. The average molecular weight is 379 g/mol. The van der Waals surface area contributed by atoms with E-state index in [1.165, 1.54) is 60.8 Å². The van der Waals surface area contributed by atoms with Gasteiger partial charge < -0.3 is 0 Å². The fraction of sp³-hybridized carbons (Fsp3) is 0.481. The van der Waals surface area contributed by atoms with Gasteiger partial charge in [-0.3, -0.25) is 0 Å². The third-order valence-electron chi connectivity index (χ3n) is 6.07. The Kier molecular flexibility index (Phi) is 8.33. The molecule has 0 saturated heterocycles. The summed E-state index contributed by atoms with van der Waals surface area (Å²) in [6, 6.07) is 17.8. The molecule has 0 heterocycles. The lowest BCUT2D eigenvalue weighted by atomic mass is 9.83. The summed E-state index contributed by atoms with van der Waals surface area (Å²) in [7, 11) is 0. The molecule has 0 N–H and O–H groups in total. The molecule has 1 saturated carbocycles. The summed E-state index contributed by atoms with van der Waals surface area (Å²) >= 11 is 0. The fourth-order valence-corrected chi connectivity index (χ4v) is 4.21. The fourth-order valence-electron chi connectivity index (χ4n) is 4.21. The molecule has 0 aliphatic heterocycles. The lowest BCUT2D eigenvalue weighted by Crippen LogP contribution is -2.13. The quantitative estimate of drug-likeness (QED) is 0.383. The summed E-state index contributed by atoms with van der Waals surface area (Å²) in [5.41, 5.74) is 5.16. The molecule has 1 heteroatoms. The van der Waals surface area contributed by atoms with Gasteiger partial charge in [-0.1, -0.05) is 93.3 Å². The van der Waals surface area contributed by atoms with E-state index in [4.69, 9.17) is 0 Å². The Morgan fingerprint density at radius 3 is 2.04 bits per heavy atom. The topological polar surface area (TPSA) is 0 Å². The third-order valence-corrected chi connectivity index (χ3v) is 6.07. The Hall–Kier alpha value is -1.89. The van der Waals surface area contributed by atoms with Gasteiger partial charge in [-0.25, -0.2) is 4.39 Å². The second-order valence-electron chi connectivity index (χ2n) is 8.30. The molecule has 150 valence electrons. The van der Waals surface area contributed by atoms with Crippen LogP contribution in [-0.2, 0) is 0 Å². The highest BCUT2D eigenvalue weighted by Gasteiger charge is 2.21. The van der Waals surface area contributed by atoms with Gasteiger partial charge in [-0.05, 0) is 66.7 Å². The molecule has 1 aliphatic rings. The number of unbranched alkanes of at least 4 members (excludes halogenated alkanes) is 5. The third kappa shape index (κ3) is 6.33. The number of hydrogen-bond acceptors (Lipinski definition) is 0. The highest BCUT2D eigenvalue weighted by molar-refractivity contribution is 5.66. The van der Waals surface area contributed by atoms with Crippen molar-refractivity contribution in [2.24, 2.45) is 0 Å². The molecule has 0 amide bonds. The maximum atomic E-state index is 13.3. The van der Waals surface area contributed by atoms with Crippen LogP contribution in [0.2, 0.25) is 0 Å². The highest BCUT2D eigenvalue weighted by Crippen LogP contribution is 2.34. The Morgan fingerprint density at radius 2 is 1.39 bits per heavy atom. The van der Waals surface area contributed by atoms with Gasteiger partial charge in [0.05, 0.1) is 0 Å². The lowest BCUT2D eigenvalue weighted by molar-refractivity contribution is 0.235. The first-order valence-corrected chi connectivity index (χ1v) is 11.3. The monoisotopic (exact) mass is 378 g/mol. The van der Waals surface area contributed by atoms with Gasteiger partial charge in [0, 0.05) is 0 Å². The Labute approximate surface area is 170 Å². The van der Waals surface area contributed by atoms with E-state index in [1.54, 1.807) is 0 Å². The minimum absolute atomic E-state index is 0.538. The van der Waals surface area contributed by atoms with Gasteiger partial charge in [0.15, 0.2) is 0 Å². The minimum atomic E-state index is -0.579. The zero-order valence-corrected chi connectivity index (χ0v) is 17.4. The normalized spacial score (nSPS) is 19.9. The van der Waals surface area contributed by atoms with Gasteiger partial charge in [-0.15, -0.1) is 0 Å². The van der Waals surface area contributed by atoms with E-state index < -0.39 is 6.17 Å². The number of hydrogen-bond donors (Lipinski definition) is 0. The molecule has 0 unspecified atom stereocenters.